The molecule has 0 aliphatic heterocycles. The predicted molar refractivity (Wildman–Crippen MR) is 128 cm³/mol. The number of nitrogens with zero attached hydrogens (tertiary/aromatic N) is 6. The SMILES string of the molecule is Cc1cnc(CNc2nc3ccc(-c4ccncc4)nc3n(CC3CCCCC3)c2=O)cn1. The second kappa shape index (κ2) is 9.44. The van der Waals surface area contributed by atoms with Gasteiger partial charge in [-0.2, -0.15) is 0 Å². The van der Waals surface area contributed by atoms with Crippen LogP contribution >= 0.6 is 0 Å². The zero-order chi connectivity index (χ0) is 22.6. The largest absolute Gasteiger partial charge is 0.360 e. The maximum absolute atomic E-state index is 13.5. The van der Waals surface area contributed by atoms with Gasteiger partial charge in [-0.25, -0.2) is 9.97 Å². The van der Waals surface area contributed by atoms with E-state index in [-0.39, 0.29) is 5.56 Å². The van der Waals surface area contributed by atoms with E-state index in [0.717, 1.165) is 35.5 Å². The molecule has 0 amide bonds. The fourth-order valence-corrected chi connectivity index (χ4v) is 4.40. The van der Waals surface area contributed by atoms with E-state index in [4.69, 9.17) is 4.98 Å². The van der Waals surface area contributed by atoms with Crippen molar-refractivity contribution in [1.82, 2.24) is 29.5 Å². The third kappa shape index (κ3) is 4.74. The van der Waals surface area contributed by atoms with Crippen LogP contribution in [0.5, 0.6) is 0 Å². The highest BCUT2D eigenvalue weighted by Crippen LogP contribution is 2.26. The van der Waals surface area contributed by atoms with Gasteiger partial charge in [-0.15, -0.1) is 0 Å². The summed E-state index contributed by atoms with van der Waals surface area (Å²) in [5.41, 5.74) is 4.55. The Morgan fingerprint density at radius 2 is 1.82 bits per heavy atom. The molecule has 168 valence electrons. The number of rotatable bonds is 6. The smallest absolute Gasteiger partial charge is 0.294 e. The molecule has 1 fully saturated rings. The van der Waals surface area contributed by atoms with Gasteiger partial charge in [0, 0.05) is 30.7 Å². The molecule has 4 heterocycles. The highest BCUT2D eigenvalue weighted by Gasteiger charge is 2.19. The van der Waals surface area contributed by atoms with E-state index >= 15 is 0 Å². The molecule has 0 atom stereocenters. The third-order valence-corrected chi connectivity index (χ3v) is 6.20. The van der Waals surface area contributed by atoms with Gasteiger partial charge in [0.2, 0.25) is 0 Å². The number of anilines is 1. The summed E-state index contributed by atoms with van der Waals surface area (Å²) in [6.45, 7) is 2.93. The minimum absolute atomic E-state index is 0.146. The first-order valence-electron chi connectivity index (χ1n) is 11.5. The summed E-state index contributed by atoms with van der Waals surface area (Å²) in [5.74, 6) is 0.795. The van der Waals surface area contributed by atoms with Crippen LogP contribution in [0, 0.1) is 12.8 Å². The van der Waals surface area contributed by atoms with E-state index in [9.17, 15) is 4.79 Å². The van der Waals surface area contributed by atoms with Crippen LogP contribution in [-0.4, -0.2) is 29.5 Å². The molecule has 33 heavy (non-hydrogen) atoms. The van der Waals surface area contributed by atoms with Crippen molar-refractivity contribution in [1.29, 1.82) is 0 Å². The van der Waals surface area contributed by atoms with Crippen molar-refractivity contribution >= 4 is 17.0 Å². The zero-order valence-electron chi connectivity index (χ0n) is 18.7. The van der Waals surface area contributed by atoms with Crippen molar-refractivity contribution < 1.29 is 0 Å². The first kappa shape index (κ1) is 21.2. The molecule has 0 radical (unpaired) electrons. The Balaban J connectivity index is 1.54. The topological polar surface area (TPSA) is 98.5 Å². The third-order valence-electron chi connectivity index (χ3n) is 6.20. The average molecular weight is 442 g/mol. The highest BCUT2D eigenvalue weighted by molar-refractivity contribution is 5.76. The quantitative estimate of drug-likeness (QED) is 0.480. The van der Waals surface area contributed by atoms with E-state index in [0.29, 0.717) is 36.0 Å². The van der Waals surface area contributed by atoms with Crippen LogP contribution in [0.2, 0.25) is 0 Å². The van der Waals surface area contributed by atoms with Crippen LogP contribution in [0.4, 0.5) is 5.82 Å². The zero-order valence-corrected chi connectivity index (χ0v) is 18.7. The summed E-state index contributed by atoms with van der Waals surface area (Å²) in [7, 11) is 0. The van der Waals surface area contributed by atoms with E-state index in [1.165, 1.54) is 19.3 Å². The van der Waals surface area contributed by atoms with Gasteiger partial charge in [-0.3, -0.25) is 24.3 Å². The summed E-state index contributed by atoms with van der Waals surface area (Å²) in [5, 5.41) is 3.18. The summed E-state index contributed by atoms with van der Waals surface area (Å²) in [4.78, 5) is 35.8. The normalized spacial score (nSPS) is 14.5. The molecule has 8 nitrogen and oxygen atoms in total. The molecule has 1 N–H and O–H groups in total. The number of aromatic nitrogens is 6. The predicted octanol–water partition coefficient (Wildman–Crippen LogP) is 4.14. The molecule has 0 aromatic carbocycles. The Hall–Kier alpha value is -3.68. The van der Waals surface area contributed by atoms with Crippen molar-refractivity contribution in [3.63, 3.8) is 0 Å². The van der Waals surface area contributed by atoms with Gasteiger partial charge in [0.15, 0.2) is 11.5 Å². The first-order valence-corrected chi connectivity index (χ1v) is 11.5. The van der Waals surface area contributed by atoms with Crippen molar-refractivity contribution in [3.8, 4) is 11.3 Å². The van der Waals surface area contributed by atoms with E-state index in [2.05, 4.69) is 25.3 Å². The maximum Gasteiger partial charge on any atom is 0.294 e. The molecule has 0 unspecified atom stereocenters. The van der Waals surface area contributed by atoms with E-state index in [1.807, 2.05) is 35.8 Å². The van der Waals surface area contributed by atoms with Crippen LogP contribution < -0.4 is 10.9 Å². The Bertz CT molecular complexity index is 1300. The van der Waals surface area contributed by atoms with Gasteiger partial charge in [0.25, 0.3) is 5.56 Å². The Morgan fingerprint density at radius 1 is 1.00 bits per heavy atom. The van der Waals surface area contributed by atoms with Gasteiger partial charge in [-0.1, -0.05) is 19.3 Å². The molecule has 8 heteroatoms. The van der Waals surface area contributed by atoms with Crippen LogP contribution in [0.25, 0.3) is 22.4 Å². The summed E-state index contributed by atoms with van der Waals surface area (Å²) < 4.78 is 1.81. The second-order valence-electron chi connectivity index (χ2n) is 8.66. The Labute approximate surface area is 192 Å². The van der Waals surface area contributed by atoms with Gasteiger partial charge >= 0.3 is 0 Å². The van der Waals surface area contributed by atoms with Crippen molar-refractivity contribution in [2.75, 3.05) is 5.32 Å². The van der Waals surface area contributed by atoms with Crippen molar-refractivity contribution in [2.45, 2.75) is 52.1 Å². The lowest BCUT2D eigenvalue weighted by Crippen LogP contribution is -2.29. The minimum atomic E-state index is -0.146. The van der Waals surface area contributed by atoms with Gasteiger partial charge in [0.05, 0.1) is 29.8 Å². The molecule has 0 spiro atoms. The molecule has 1 saturated carbocycles. The number of nitrogens with one attached hydrogen (secondary N) is 1. The average Bonchev–Trinajstić information content (AvgIpc) is 2.86. The van der Waals surface area contributed by atoms with E-state index < -0.39 is 0 Å². The molecular formula is C25H27N7O. The lowest BCUT2D eigenvalue weighted by atomic mass is 9.89. The van der Waals surface area contributed by atoms with Crippen LogP contribution in [0.1, 0.15) is 43.5 Å². The van der Waals surface area contributed by atoms with Gasteiger partial charge in [-0.05, 0) is 49.9 Å². The number of pyridine rings is 2. The molecule has 4 aromatic heterocycles. The summed E-state index contributed by atoms with van der Waals surface area (Å²) in [6, 6.07) is 7.72. The Kier molecular flexibility index (Phi) is 6.06. The highest BCUT2D eigenvalue weighted by atomic mass is 16.1. The van der Waals surface area contributed by atoms with Gasteiger partial charge < -0.3 is 5.32 Å². The number of fused-ring (bicyclic) bond motifs is 1. The number of hydrogen-bond acceptors (Lipinski definition) is 7. The maximum atomic E-state index is 13.5. The monoisotopic (exact) mass is 441 g/mol. The van der Waals surface area contributed by atoms with Crippen LogP contribution in [0.15, 0.2) is 53.8 Å². The molecular weight excluding hydrogens is 414 g/mol. The molecule has 1 aliphatic rings. The molecule has 0 bridgehead atoms. The molecule has 1 aliphatic carbocycles. The summed E-state index contributed by atoms with van der Waals surface area (Å²) in [6.07, 6.45) is 12.9. The summed E-state index contributed by atoms with van der Waals surface area (Å²) >= 11 is 0. The molecule has 0 saturated heterocycles. The Morgan fingerprint density at radius 3 is 2.58 bits per heavy atom. The minimum Gasteiger partial charge on any atom is -0.360 e. The van der Waals surface area contributed by atoms with Crippen LogP contribution in [0.3, 0.4) is 0 Å². The van der Waals surface area contributed by atoms with E-state index in [1.54, 1.807) is 24.8 Å². The number of hydrogen-bond donors (Lipinski definition) is 1. The fraction of sp³-hybridized carbons (Fsp3) is 0.360. The van der Waals surface area contributed by atoms with Gasteiger partial charge in [0.1, 0.15) is 5.52 Å². The lowest BCUT2D eigenvalue weighted by Gasteiger charge is -2.23. The second-order valence-corrected chi connectivity index (χ2v) is 8.66. The molecule has 4 aromatic rings. The van der Waals surface area contributed by atoms with Crippen molar-refractivity contribution in [2.24, 2.45) is 5.92 Å². The number of aryl methyl sites for hydroxylation is 1. The fourth-order valence-electron chi connectivity index (χ4n) is 4.40. The molecule has 5 rings (SSSR count). The standard InChI is InChI=1S/C25H27N7O/c1-17-13-28-20(14-27-17)15-29-23-25(33)32(16-18-5-3-2-4-6-18)24-22(30-23)8-7-21(31-24)19-9-11-26-12-10-19/h7-14,18H,2-6,15-16H2,1H3,(H,29,30). The van der Waals surface area contributed by atoms with Crippen LogP contribution in [-0.2, 0) is 13.1 Å². The van der Waals surface area contributed by atoms with Crippen molar-refractivity contribution in [3.05, 3.63) is 70.8 Å². The first-order chi connectivity index (χ1) is 16.2. The lowest BCUT2D eigenvalue weighted by molar-refractivity contribution is 0.319.